The minimum Gasteiger partial charge on any atom is -0.377 e. The van der Waals surface area contributed by atoms with Gasteiger partial charge in [0, 0.05) is 13.0 Å². The van der Waals surface area contributed by atoms with Gasteiger partial charge in [-0.1, -0.05) is 22.0 Å². The molecule has 4 atom stereocenters. The van der Waals surface area contributed by atoms with Gasteiger partial charge in [-0.3, -0.25) is 4.79 Å². The van der Waals surface area contributed by atoms with Crippen molar-refractivity contribution in [2.45, 2.75) is 24.5 Å². The van der Waals surface area contributed by atoms with Gasteiger partial charge in [-0.2, -0.15) is 0 Å². The van der Waals surface area contributed by atoms with E-state index in [9.17, 15) is 4.79 Å². The van der Waals surface area contributed by atoms with Gasteiger partial charge < -0.3 is 9.47 Å². The Morgan fingerprint density at radius 3 is 2.87 bits per heavy atom. The topological polar surface area (TPSA) is 38.8 Å². The first kappa shape index (κ1) is 10.00. The average molecular weight is 273 g/mol. The lowest BCUT2D eigenvalue weighted by atomic mass is 9.61. The number of ether oxygens (including phenoxy) is 2. The predicted molar refractivity (Wildman–Crippen MR) is 57.7 cm³/mol. The van der Waals surface area contributed by atoms with Crippen molar-refractivity contribution >= 4 is 21.7 Å². The summed E-state index contributed by atoms with van der Waals surface area (Å²) in [6.07, 6.45) is 2.85. The average Bonchev–Trinajstić information content (AvgIpc) is 2.99. The molecule has 0 aromatic rings. The lowest BCUT2D eigenvalue weighted by molar-refractivity contribution is -0.150. The maximum atomic E-state index is 12.2. The van der Waals surface area contributed by atoms with E-state index in [2.05, 4.69) is 15.9 Å². The predicted octanol–water partition coefficient (Wildman–Crippen LogP) is 1.66. The number of hydrogen-bond donors (Lipinski definition) is 0. The first-order valence-electron chi connectivity index (χ1n) is 5.14. The molecule has 4 heteroatoms. The Labute approximate surface area is 96.9 Å². The maximum absolute atomic E-state index is 12.2. The van der Waals surface area contributed by atoms with Crippen LogP contribution in [-0.4, -0.2) is 30.7 Å². The van der Waals surface area contributed by atoms with Crippen LogP contribution >= 0.6 is 15.9 Å². The summed E-state index contributed by atoms with van der Waals surface area (Å²) >= 11 is 3.54. The highest BCUT2D eigenvalue weighted by Crippen LogP contribution is 2.58. The highest BCUT2D eigenvalue weighted by Gasteiger charge is 2.69. The highest BCUT2D eigenvalue weighted by molar-refractivity contribution is 9.11. The van der Waals surface area contributed by atoms with Gasteiger partial charge in [0.1, 0.15) is 0 Å². The third-order valence-electron chi connectivity index (χ3n) is 4.11. The summed E-state index contributed by atoms with van der Waals surface area (Å²) in [5.41, 5.74) is -0.855. The summed E-state index contributed by atoms with van der Waals surface area (Å²) < 4.78 is 12.0. The summed E-state index contributed by atoms with van der Waals surface area (Å²) in [4.78, 5) is 12.2. The Bertz CT molecular complexity index is 372. The molecule has 3 aliphatic carbocycles. The van der Waals surface area contributed by atoms with Crippen LogP contribution in [-0.2, 0) is 14.3 Å². The number of carbonyl (C=O) groups is 1. The quantitative estimate of drug-likeness (QED) is 0.682. The molecule has 0 amide bonds. The Morgan fingerprint density at radius 2 is 2.33 bits per heavy atom. The molecule has 0 aromatic heterocycles. The molecule has 0 aromatic carbocycles. The van der Waals surface area contributed by atoms with Crippen molar-refractivity contribution in [1.29, 1.82) is 0 Å². The standard InChI is InChI=1S/C11H13BrO3/c1-10(14-2)4-7-8(12)3-6(10)9(13)11(7)5-15-11/h3,6-7H,4-5H2,1-2H3/t6?,7?,10-,11-/m0/s1. The molecule has 3 nitrogen and oxygen atoms in total. The third kappa shape index (κ3) is 1.05. The van der Waals surface area contributed by atoms with E-state index in [0.717, 1.165) is 10.9 Å². The fourth-order valence-electron chi connectivity index (χ4n) is 2.89. The van der Waals surface area contributed by atoms with Crippen LogP contribution in [0, 0.1) is 11.8 Å². The van der Waals surface area contributed by atoms with E-state index in [1.54, 1.807) is 7.11 Å². The molecule has 15 heavy (non-hydrogen) atoms. The second kappa shape index (κ2) is 2.73. The third-order valence-corrected chi connectivity index (χ3v) is 4.93. The number of carbonyl (C=O) groups excluding carboxylic acids is 1. The van der Waals surface area contributed by atoms with Crippen molar-refractivity contribution in [3.05, 3.63) is 10.6 Å². The van der Waals surface area contributed by atoms with Crippen molar-refractivity contribution in [3.8, 4) is 0 Å². The summed E-state index contributed by atoms with van der Waals surface area (Å²) in [5, 5.41) is 0. The van der Waals surface area contributed by atoms with Crippen molar-refractivity contribution in [1.82, 2.24) is 0 Å². The molecule has 1 aliphatic heterocycles. The molecule has 1 spiro atoms. The van der Waals surface area contributed by atoms with E-state index in [1.807, 2.05) is 13.0 Å². The molecule has 1 heterocycles. The van der Waals surface area contributed by atoms with Crippen molar-refractivity contribution in [2.75, 3.05) is 13.7 Å². The first-order chi connectivity index (χ1) is 7.03. The van der Waals surface area contributed by atoms with Crippen LogP contribution in [0.2, 0.25) is 0 Å². The second-order valence-corrected chi connectivity index (χ2v) is 5.76. The number of rotatable bonds is 1. The van der Waals surface area contributed by atoms with Crippen LogP contribution < -0.4 is 0 Å². The minimum absolute atomic E-state index is 0.153. The normalized spacial score (nSPS) is 52.2. The SMILES string of the molecule is CO[C@@]1(C)CC2C(Br)=CC1C(=O)[C@]21CO1. The number of methoxy groups -OCH3 is 1. The van der Waals surface area contributed by atoms with Crippen LogP contribution in [0.3, 0.4) is 0 Å². The maximum Gasteiger partial charge on any atom is 0.177 e. The Hall–Kier alpha value is -0.190. The van der Waals surface area contributed by atoms with Crippen molar-refractivity contribution < 1.29 is 14.3 Å². The zero-order valence-corrected chi connectivity index (χ0v) is 10.3. The largest absolute Gasteiger partial charge is 0.377 e. The van der Waals surface area contributed by atoms with Gasteiger partial charge in [0.15, 0.2) is 11.4 Å². The molecule has 2 fully saturated rings. The number of epoxide rings is 1. The highest BCUT2D eigenvalue weighted by atomic mass is 79.9. The number of halogens is 1. The van der Waals surface area contributed by atoms with Gasteiger partial charge in [-0.25, -0.2) is 0 Å². The summed E-state index contributed by atoms with van der Waals surface area (Å²) in [7, 11) is 1.68. The van der Waals surface area contributed by atoms with Crippen LogP contribution in [0.25, 0.3) is 0 Å². The van der Waals surface area contributed by atoms with Gasteiger partial charge in [-0.05, 0) is 17.8 Å². The number of hydrogen-bond acceptors (Lipinski definition) is 3. The zero-order chi connectivity index (χ0) is 10.8. The smallest absolute Gasteiger partial charge is 0.177 e. The van der Waals surface area contributed by atoms with Crippen LogP contribution in [0.4, 0.5) is 0 Å². The van der Waals surface area contributed by atoms with Gasteiger partial charge in [-0.15, -0.1) is 0 Å². The van der Waals surface area contributed by atoms with E-state index in [-0.39, 0.29) is 23.2 Å². The molecule has 4 rings (SSSR count). The molecule has 4 aliphatic rings. The first-order valence-corrected chi connectivity index (χ1v) is 5.93. The Morgan fingerprint density at radius 1 is 1.67 bits per heavy atom. The van der Waals surface area contributed by atoms with E-state index >= 15 is 0 Å². The molecule has 0 N–H and O–H groups in total. The number of ketones is 1. The Kier molecular flexibility index (Phi) is 1.82. The second-order valence-electron chi connectivity index (χ2n) is 4.85. The summed E-state index contributed by atoms with van der Waals surface area (Å²) in [5.74, 6) is 0.190. The molecular weight excluding hydrogens is 260 g/mol. The number of Topliss-reactive ketones (excluding diaryl/α,β-unsaturated/α-hetero) is 1. The molecule has 1 saturated carbocycles. The van der Waals surface area contributed by atoms with Crippen molar-refractivity contribution in [3.63, 3.8) is 0 Å². The molecule has 2 unspecified atom stereocenters. The zero-order valence-electron chi connectivity index (χ0n) is 8.75. The van der Waals surface area contributed by atoms with Crippen LogP contribution in [0.1, 0.15) is 13.3 Å². The van der Waals surface area contributed by atoms with Gasteiger partial charge in [0.2, 0.25) is 0 Å². The fraction of sp³-hybridized carbons (Fsp3) is 0.727. The van der Waals surface area contributed by atoms with Gasteiger partial charge in [0.05, 0.1) is 18.1 Å². The molecule has 2 bridgehead atoms. The molecular formula is C11H13BrO3. The monoisotopic (exact) mass is 272 g/mol. The van der Waals surface area contributed by atoms with Gasteiger partial charge in [0.25, 0.3) is 0 Å². The lowest BCUT2D eigenvalue weighted by Gasteiger charge is -2.48. The summed E-state index contributed by atoms with van der Waals surface area (Å²) in [6.45, 7) is 2.59. The van der Waals surface area contributed by atoms with E-state index < -0.39 is 5.60 Å². The van der Waals surface area contributed by atoms with Crippen LogP contribution in [0.5, 0.6) is 0 Å². The molecule has 1 saturated heterocycles. The van der Waals surface area contributed by atoms with E-state index in [4.69, 9.17) is 9.47 Å². The Balaban J connectivity index is 2.09. The van der Waals surface area contributed by atoms with E-state index in [0.29, 0.717) is 6.61 Å². The molecule has 0 radical (unpaired) electrons. The van der Waals surface area contributed by atoms with Crippen molar-refractivity contribution in [2.24, 2.45) is 11.8 Å². The van der Waals surface area contributed by atoms with Gasteiger partial charge >= 0.3 is 0 Å². The lowest BCUT2D eigenvalue weighted by Crippen LogP contribution is -2.58. The van der Waals surface area contributed by atoms with E-state index in [1.165, 1.54) is 0 Å². The summed E-state index contributed by atoms with van der Waals surface area (Å²) in [6, 6.07) is 0. The fourth-order valence-corrected chi connectivity index (χ4v) is 3.68. The van der Waals surface area contributed by atoms with Crippen LogP contribution in [0.15, 0.2) is 10.6 Å². The molecule has 82 valence electrons. The minimum atomic E-state index is -0.504. The number of fused-ring (bicyclic) bond motifs is 1.